The molecule has 1 aliphatic heterocycles. The van der Waals surface area contributed by atoms with Gasteiger partial charge in [0.1, 0.15) is 5.56 Å². The second-order valence-corrected chi connectivity index (χ2v) is 9.50. The number of hydrogen-bond donors (Lipinski definition) is 1. The molecule has 0 aliphatic carbocycles. The average Bonchev–Trinajstić information content (AvgIpc) is 3.14. The summed E-state index contributed by atoms with van der Waals surface area (Å²) in [6.07, 6.45) is 2.20. The van der Waals surface area contributed by atoms with Gasteiger partial charge in [-0.3, -0.25) is 9.48 Å². The summed E-state index contributed by atoms with van der Waals surface area (Å²) in [6.45, 7) is 2.59. The number of nitrogens with zero attached hydrogens (tertiary/aromatic N) is 3. The van der Waals surface area contributed by atoms with E-state index in [2.05, 4.69) is 10.4 Å². The average molecular weight is 441 g/mol. The molecule has 1 amide bonds. The first-order chi connectivity index (χ1) is 14.8. The summed E-state index contributed by atoms with van der Waals surface area (Å²) in [4.78, 5) is 12.9. The largest absolute Gasteiger partial charge is 0.479 e. The molecule has 31 heavy (non-hydrogen) atoms. The molecule has 0 spiro atoms. The van der Waals surface area contributed by atoms with Crippen LogP contribution >= 0.6 is 0 Å². The minimum absolute atomic E-state index is 0.244. The molecule has 0 saturated carbocycles. The van der Waals surface area contributed by atoms with Crippen LogP contribution in [0.25, 0.3) is 0 Å². The Morgan fingerprint density at radius 2 is 1.87 bits per heavy atom. The Kier molecular flexibility index (Phi) is 5.55. The van der Waals surface area contributed by atoms with Gasteiger partial charge in [-0.25, -0.2) is 8.42 Å². The zero-order valence-corrected chi connectivity index (χ0v) is 18.4. The van der Waals surface area contributed by atoms with Crippen LogP contribution in [0.5, 0.6) is 5.88 Å². The highest BCUT2D eigenvalue weighted by molar-refractivity contribution is 7.89. The third kappa shape index (κ3) is 4.19. The smallest absolute Gasteiger partial charge is 0.262 e. The lowest BCUT2D eigenvalue weighted by Crippen LogP contribution is -2.36. The van der Waals surface area contributed by atoms with E-state index in [1.54, 1.807) is 37.5 Å². The number of nitrogens with one attached hydrogen (secondary N) is 1. The van der Waals surface area contributed by atoms with Gasteiger partial charge < -0.3 is 10.1 Å². The number of aryl methyl sites for hydroxylation is 2. The maximum atomic E-state index is 13.1. The summed E-state index contributed by atoms with van der Waals surface area (Å²) >= 11 is 0. The number of sulfonamides is 1. The van der Waals surface area contributed by atoms with Crippen LogP contribution in [-0.4, -0.2) is 42.1 Å². The Morgan fingerprint density at radius 3 is 2.58 bits per heavy atom. The minimum atomic E-state index is -3.59. The number of rotatable bonds is 5. The highest BCUT2D eigenvalue weighted by atomic mass is 32.2. The summed E-state index contributed by atoms with van der Waals surface area (Å²) in [7, 11) is -0.419. The van der Waals surface area contributed by atoms with E-state index in [0.717, 1.165) is 16.7 Å². The Bertz CT molecular complexity index is 1230. The van der Waals surface area contributed by atoms with Crippen molar-refractivity contribution in [2.24, 2.45) is 7.05 Å². The van der Waals surface area contributed by atoms with Crippen LogP contribution in [-0.2, 0) is 30.0 Å². The molecule has 0 atom stereocenters. The molecule has 0 saturated heterocycles. The van der Waals surface area contributed by atoms with Crippen LogP contribution in [0.4, 0.5) is 5.69 Å². The molecule has 2 aromatic carbocycles. The fourth-order valence-corrected chi connectivity index (χ4v) is 5.07. The zero-order valence-electron chi connectivity index (χ0n) is 17.6. The lowest BCUT2D eigenvalue weighted by atomic mass is 10.0. The van der Waals surface area contributed by atoms with Crippen LogP contribution in [0.2, 0.25) is 0 Å². The van der Waals surface area contributed by atoms with E-state index in [1.165, 1.54) is 16.1 Å². The third-order valence-electron chi connectivity index (χ3n) is 5.33. The molecule has 1 N–H and O–H groups in total. The lowest BCUT2D eigenvalue weighted by molar-refractivity contribution is 0.102. The van der Waals surface area contributed by atoms with Crippen molar-refractivity contribution in [1.82, 2.24) is 14.1 Å². The minimum Gasteiger partial charge on any atom is -0.479 e. The molecular weight excluding hydrogens is 416 g/mol. The number of ether oxygens (including phenoxy) is 1. The van der Waals surface area contributed by atoms with E-state index in [1.807, 2.05) is 25.1 Å². The van der Waals surface area contributed by atoms with Gasteiger partial charge in [0, 0.05) is 32.0 Å². The third-order valence-corrected chi connectivity index (χ3v) is 7.19. The van der Waals surface area contributed by atoms with Crippen molar-refractivity contribution in [2.45, 2.75) is 24.8 Å². The molecular formula is C22H24N4O4S. The standard InChI is InChI=1S/C22H24N4O4S/c1-15-4-8-19(9-5-15)31(28,29)26-11-10-16-6-7-18(12-17(16)13-26)23-21(27)20-14-25(2)24-22(20)30-3/h4-9,12,14H,10-11,13H2,1-3H3,(H,23,27). The highest BCUT2D eigenvalue weighted by Gasteiger charge is 2.28. The summed E-state index contributed by atoms with van der Waals surface area (Å²) in [5.74, 6) is -0.0989. The number of amides is 1. The normalized spacial score (nSPS) is 14.2. The second kappa shape index (κ2) is 8.16. The maximum Gasteiger partial charge on any atom is 0.262 e. The molecule has 0 unspecified atom stereocenters. The predicted molar refractivity (Wildman–Crippen MR) is 117 cm³/mol. The molecule has 162 valence electrons. The van der Waals surface area contributed by atoms with Gasteiger partial charge in [-0.05, 0) is 48.7 Å². The Labute approximate surface area is 181 Å². The predicted octanol–water partition coefficient (Wildman–Crippen LogP) is 2.74. The summed E-state index contributed by atoms with van der Waals surface area (Å²) in [5, 5.41) is 6.94. The number of benzene rings is 2. The molecule has 9 heteroatoms. The number of aromatic nitrogens is 2. The molecule has 3 aromatic rings. The molecule has 0 fully saturated rings. The number of carbonyl (C=O) groups excluding carboxylic acids is 1. The first-order valence-electron chi connectivity index (χ1n) is 9.85. The van der Waals surface area contributed by atoms with Gasteiger partial charge in [0.15, 0.2) is 0 Å². The van der Waals surface area contributed by atoms with E-state index in [9.17, 15) is 13.2 Å². The van der Waals surface area contributed by atoms with E-state index in [0.29, 0.717) is 24.2 Å². The Hall–Kier alpha value is -3.17. The van der Waals surface area contributed by atoms with Crippen molar-refractivity contribution < 1.29 is 17.9 Å². The van der Waals surface area contributed by atoms with Crippen molar-refractivity contribution >= 4 is 21.6 Å². The van der Waals surface area contributed by atoms with Crippen LogP contribution in [0.15, 0.2) is 53.6 Å². The second-order valence-electron chi connectivity index (χ2n) is 7.56. The fraction of sp³-hybridized carbons (Fsp3) is 0.273. The first kappa shape index (κ1) is 21.1. The first-order valence-corrected chi connectivity index (χ1v) is 11.3. The number of carbonyl (C=O) groups is 1. The maximum absolute atomic E-state index is 13.1. The monoisotopic (exact) mass is 440 g/mol. The number of anilines is 1. The molecule has 2 heterocycles. The van der Waals surface area contributed by atoms with Crippen LogP contribution in [0.3, 0.4) is 0 Å². The molecule has 0 bridgehead atoms. The van der Waals surface area contributed by atoms with E-state index >= 15 is 0 Å². The topological polar surface area (TPSA) is 93.5 Å². The van der Waals surface area contributed by atoms with Gasteiger partial charge in [0.2, 0.25) is 15.9 Å². The summed E-state index contributed by atoms with van der Waals surface area (Å²) in [6, 6.07) is 12.4. The molecule has 8 nitrogen and oxygen atoms in total. The molecule has 1 aromatic heterocycles. The van der Waals surface area contributed by atoms with E-state index in [4.69, 9.17) is 4.74 Å². The quantitative estimate of drug-likeness (QED) is 0.659. The lowest BCUT2D eigenvalue weighted by Gasteiger charge is -2.28. The summed E-state index contributed by atoms with van der Waals surface area (Å²) in [5.41, 5.74) is 3.87. The number of methoxy groups -OCH3 is 1. The van der Waals surface area contributed by atoms with Crippen molar-refractivity contribution in [3.8, 4) is 5.88 Å². The molecule has 4 rings (SSSR count). The summed E-state index contributed by atoms with van der Waals surface area (Å²) < 4.78 is 34.3. The number of hydrogen-bond acceptors (Lipinski definition) is 5. The van der Waals surface area contributed by atoms with Crippen LogP contribution < -0.4 is 10.1 Å². The SMILES string of the molecule is COc1nn(C)cc1C(=O)Nc1ccc2c(c1)CN(S(=O)(=O)c1ccc(C)cc1)CC2. The van der Waals surface area contributed by atoms with E-state index < -0.39 is 10.0 Å². The van der Waals surface area contributed by atoms with Gasteiger partial charge in [-0.2, -0.15) is 4.31 Å². The van der Waals surface area contributed by atoms with Crippen LogP contribution in [0.1, 0.15) is 27.0 Å². The highest BCUT2D eigenvalue weighted by Crippen LogP contribution is 2.28. The fourth-order valence-electron chi connectivity index (χ4n) is 3.65. The van der Waals surface area contributed by atoms with Crippen molar-refractivity contribution in [2.75, 3.05) is 19.0 Å². The van der Waals surface area contributed by atoms with Gasteiger partial charge in [-0.1, -0.05) is 23.8 Å². The van der Waals surface area contributed by atoms with Crippen LogP contribution in [0, 0.1) is 6.92 Å². The molecule has 0 radical (unpaired) electrons. The Balaban J connectivity index is 1.55. The van der Waals surface area contributed by atoms with Crippen molar-refractivity contribution in [3.05, 3.63) is 70.9 Å². The van der Waals surface area contributed by atoms with Crippen molar-refractivity contribution in [1.29, 1.82) is 0 Å². The van der Waals surface area contributed by atoms with E-state index in [-0.39, 0.29) is 23.2 Å². The zero-order chi connectivity index (χ0) is 22.2. The van der Waals surface area contributed by atoms with Gasteiger partial charge in [0.05, 0.1) is 12.0 Å². The van der Waals surface area contributed by atoms with Gasteiger partial charge in [-0.15, -0.1) is 5.10 Å². The van der Waals surface area contributed by atoms with Gasteiger partial charge in [0.25, 0.3) is 5.91 Å². The number of fused-ring (bicyclic) bond motifs is 1. The van der Waals surface area contributed by atoms with Crippen molar-refractivity contribution in [3.63, 3.8) is 0 Å². The van der Waals surface area contributed by atoms with Gasteiger partial charge >= 0.3 is 0 Å². The Morgan fingerprint density at radius 1 is 1.13 bits per heavy atom. The molecule has 1 aliphatic rings.